The number of amides is 1. The lowest BCUT2D eigenvalue weighted by Gasteiger charge is -2.33. The van der Waals surface area contributed by atoms with Gasteiger partial charge in [0.25, 0.3) is 0 Å². The van der Waals surface area contributed by atoms with Gasteiger partial charge in [-0.05, 0) is 66.8 Å². The van der Waals surface area contributed by atoms with Crippen molar-refractivity contribution in [3.63, 3.8) is 0 Å². The number of fused-ring (bicyclic) bond motifs is 1. The molecular formula is C21H22BrN3O3S2. The van der Waals surface area contributed by atoms with E-state index in [1.54, 1.807) is 30.5 Å². The summed E-state index contributed by atoms with van der Waals surface area (Å²) in [5.74, 6) is -0.344. The van der Waals surface area contributed by atoms with Gasteiger partial charge in [0.15, 0.2) is 0 Å². The predicted molar refractivity (Wildman–Crippen MR) is 123 cm³/mol. The van der Waals surface area contributed by atoms with E-state index in [9.17, 15) is 13.2 Å². The highest BCUT2D eigenvalue weighted by molar-refractivity contribution is 9.10. The Bertz CT molecular complexity index is 1140. The number of anilines is 1. The number of nitrogens with one attached hydrogen (secondary N) is 1. The summed E-state index contributed by atoms with van der Waals surface area (Å²) in [5, 5.41) is 3.80. The van der Waals surface area contributed by atoms with E-state index in [2.05, 4.69) is 25.6 Å². The molecule has 3 aromatic rings. The van der Waals surface area contributed by atoms with Crippen molar-refractivity contribution >= 4 is 59.2 Å². The minimum atomic E-state index is -3.79. The van der Waals surface area contributed by atoms with Gasteiger partial charge < -0.3 is 5.32 Å². The number of hydrogen-bond donors (Lipinski definition) is 1. The summed E-state index contributed by atoms with van der Waals surface area (Å²) in [4.78, 5) is 13.0. The van der Waals surface area contributed by atoms with Gasteiger partial charge >= 0.3 is 0 Å². The van der Waals surface area contributed by atoms with Crippen LogP contribution in [0, 0.1) is 0 Å². The van der Waals surface area contributed by atoms with Crippen molar-refractivity contribution in [3.8, 4) is 0 Å². The van der Waals surface area contributed by atoms with Crippen molar-refractivity contribution in [1.29, 1.82) is 0 Å². The van der Waals surface area contributed by atoms with E-state index in [0.29, 0.717) is 5.69 Å². The van der Waals surface area contributed by atoms with Crippen LogP contribution in [0.25, 0.3) is 10.1 Å². The first-order chi connectivity index (χ1) is 14.4. The third-order valence-corrected chi connectivity index (χ3v) is 8.56. The quantitative estimate of drug-likeness (QED) is 0.507. The van der Waals surface area contributed by atoms with Crippen LogP contribution >= 0.6 is 27.5 Å². The first kappa shape index (κ1) is 21.4. The van der Waals surface area contributed by atoms with Crippen molar-refractivity contribution in [1.82, 2.24) is 8.68 Å². The molecule has 1 N–H and O–H groups in total. The van der Waals surface area contributed by atoms with E-state index in [1.807, 2.05) is 18.2 Å². The molecule has 158 valence electrons. The van der Waals surface area contributed by atoms with Crippen LogP contribution in [-0.4, -0.2) is 35.6 Å². The maximum absolute atomic E-state index is 13.4. The topological polar surface area (TPSA) is 79.4 Å². The van der Waals surface area contributed by atoms with Crippen LogP contribution in [0.1, 0.15) is 32.1 Å². The fourth-order valence-electron chi connectivity index (χ4n) is 3.81. The van der Waals surface area contributed by atoms with Gasteiger partial charge in [-0.15, -0.1) is 0 Å². The summed E-state index contributed by atoms with van der Waals surface area (Å²) in [6, 6.07) is 12.0. The van der Waals surface area contributed by atoms with Crippen LogP contribution in [-0.2, 0) is 14.8 Å². The molecule has 30 heavy (non-hydrogen) atoms. The van der Waals surface area contributed by atoms with Crippen molar-refractivity contribution in [2.45, 2.75) is 43.0 Å². The monoisotopic (exact) mass is 507 g/mol. The molecule has 6 nitrogen and oxygen atoms in total. The Labute approximate surface area is 188 Å². The van der Waals surface area contributed by atoms with E-state index in [1.165, 1.54) is 15.8 Å². The molecule has 0 atom stereocenters. The first-order valence-electron chi connectivity index (χ1n) is 9.85. The largest absolute Gasteiger partial charge is 0.325 e. The van der Waals surface area contributed by atoms with Gasteiger partial charge in [0.1, 0.15) is 0 Å². The van der Waals surface area contributed by atoms with Crippen LogP contribution in [0.4, 0.5) is 5.69 Å². The molecule has 0 bridgehead atoms. The highest BCUT2D eigenvalue weighted by Gasteiger charge is 2.34. The Morgan fingerprint density at radius 3 is 2.60 bits per heavy atom. The molecule has 9 heteroatoms. The van der Waals surface area contributed by atoms with Gasteiger partial charge in [-0.3, -0.25) is 4.79 Å². The van der Waals surface area contributed by atoms with E-state index in [-0.39, 0.29) is 23.4 Å². The minimum absolute atomic E-state index is 0.165. The Morgan fingerprint density at radius 1 is 1.13 bits per heavy atom. The number of rotatable bonds is 6. The zero-order valence-corrected chi connectivity index (χ0v) is 19.5. The lowest BCUT2D eigenvalue weighted by atomic mass is 9.95. The average Bonchev–Trinajstić information content (AvgIpc) is 3.21. The molecule has 4 rings (SSSR count). The number of carbonyl (C=O) groups excluding carboxylic acids is 1. The smallest absolute Gasteiger partial charge is 0.243 e. The van der Waals surface area contributed by atoms with Crippen LogP contribution in [0.5, 0.6) is 0 Å². The zero-order chi connectivity index (χ0) is 21.1. The summed E-state index contributed by atoms with van der Waals surface area (Å²) in [7, 11) is -3.79. The lowest BCUT2D eigenvalue weighted by molar-refractivity contribution is -0.116. The molecular weight excluding hydrogens is 486 g/mol. The summed E-state index contributed by atoms with van der Waals surface area (Å²) >= 11 is 4.73. The number of aromatic nitrogens is 1. The molecule has 1 heterocycles. The molecule has 0 spiro atoms. The van der Waals surface area contributed by atoms with Crippen molar-refractivity contribution in [2.24, 2.45) is 0 Å². The molecule has 0 aliphatic heterocycles. The SMILES string of the molecule is O=C(CN(C1CCCCC1)S(=O)(=O)c1ccc(Br)cc1)Nc1ccc2sncc2c1. The maximum atomic E-state index is 13.4. The number of sulfonamides is 1. The Balaban J connectivity index is 1.57. The van der Waals surface area contributed by atoms with Gasteiger partial charge in [0.05, 0.1) is 16.1 Å². The van der Waals surface area contributed by atoms with E-state index < -0.39 is 10.0 Å². The molecule has 2 aromatic carbocycles. The highest BCUT2D eigenvalue weighted by Crippen LogP contribution is 2.29. The summed E-state index contributed by atoms with van der Waals surface area (Å²) in [6.07, 6.45) is 6.34. The van der Waals surface area contributed by atoms with Gasteiger partial charge in [-0.1, -0.05) is 35.2 Å². The number of nitrogens with zero attached hydrogens (tertiary/aromatic N) is 2. The van der Waals surface area contributed by atoms with Gasteiger partial charge in [0, 0.05) is 27.8 Å². The third-order valence-electron chi connectivity index (χ3n) is 5.34. The number of hydrogen-bond acceptors (Lipinski definition) is 5. The van der Waals surface area contributed by atoms with Crippen LogP contribution in [0.3, 0.4) is 0 Å². The van der Waals surface area contributed by atoms with Gasteiger partial charge in [-0.25, -0.2) is 8.42 Å². The molecule has 1 fully saturated rings. The lowest BCUT2D eigenvalue weighted by Crippen LogP contribution is -2.45. The van der Waals surface area contributed by atoms with Gasteiger partial charge in [-0.2, -0.15) is 8.68 Å². The number of halogens is 1. The van der Waals surface area contributed by atoms with Crippen molar-refractivity contribution in [3.05, 3.63) is 53.1 Å². The van der Waals surface area contributed by atoms with Crippen molar-refractivity contribution < 1.29 is 13.2 Å². The Hall–Kier alpha value is -1.81. The van der Waals surface area contributed by atoms with E-state index in [4.69, 9.17) is 0 Å². The predicted octanol–water partition coefficient (Wildman–Crippen LogP) is 5.02. The molecule has 1 aromatic heterocycles. The van der Waals surface area contributed by atoms with Crippen LogP contribution in [0.15, 0.2) is 58.0 Å². The zero-order valence-electron chi connectivity index (χ0n) is 16.3. The molecule has 1 aliphatic rings. The first-order valence-corrected chi connectivity index (χ1v) is 12.9. The van der Waals surface area contributed by atoms with Crippen LogP contribution in [0.2, 0.25) is 0 Å². The molecule has 0 unspecified atom stereocenters. The van der Waals surface area contributed by atoms with E-state index >= 15 is 0 Å². The summed E-state index contributed by atoms with van der Waals surface area (Å²) < 4.78 is 34.2. The number of benzene rings is 2. The molecule has 1 aliphatic carbocycles. The Morgan fingerprint density at radius 2 is 1.87 bits per heavy atom. The normalized spacial score (nSPS) is 15.5. The average molecular weight is 508 g/mol. The molecule has 1 saturated carbocycles. The minimum Gasteiger partial charge on any atom is -0.325 e. The standard InChI is InChI=1S/C21H22BrN3O3S2/c22-16-6-9-19(10-7-16)30(27,28)25(18-4-2-1-3-5-18)14-21(26)24-17-8-11-20-15(12-17)13-23-29-20/h6-13,18H,1-5,14H2,(H,24,26). The molecule has 0 radical (unpaired) electrons. The summed E-state index contributed by atoms with van der Waals surface area (Å²) in [6.45, 7) is -0.205. The van der Waals surface area contributed by atoms with E-state index in [0.717, 1.165) is 46.7 Å². The van der Waals surface area contributed by atoms with Crippen LogP contribution < -0.4 is 5.32 Å². The second-order valence-corrected chi connectivity index (χ2v) is 11.1. The maximum Gasteiger partial charge on any atom is 0.243 e. The molecule has 1 amide bonds. The fraction of sp³-hybridized carbons (Fsp3) is 0.333. The Kier molecular flexibility index (Phi) is 6.52. The highest BCUT2D eigenvalue weighted by atomic mass is 79.9. The third kappa shape index (κ3) is 4.74. The number of carbonyl (C=O) groups is 1. The second kappa shape index (κ2) is 9.13. The molecule has 0 saturated heterocycles. The second-order valence-electron chi connectivity index (χ2n) is 7.42. The fourth-order valence-corrected chi connectivity index (χ4v) is 6.34. The van der Waals surface area contributed by atoms with Crippen molar-refractivity contribution in [2.75, 3.05) is 11.9 Å². The van der Waals surface area contributed by atoms with Gasteiger partial charge in [0.2, 0.25) is 15.9 Å². The summed E-state index contributed by atoms with van der Waals surface area (Å²) in [5.41, 5.74) is 0.636.